The van der Waals surface area contributed by atoms with E-state index in [9.17, 15) is 9.90 Å². The maximum atomic E-state index is 11.2. The Morgan fingerprint density at radius 3 is 3.17 bits per heavy atom. The molecule has 1 aliphatic heterocycles. The number of hydrogen-bond acceptors (Lipinski definition) is 3. The first-order valence-electron chi connectivity index (χ1n) is 4.07. The van der Waals surface area contributed by atoms with Crippen LogP contribution in [-0.4, -0.2) is 17.4 Å². The van der Waals surface area contributed by atoms with Crippen LogP contribution in [0.5, 0.6) is 0 Å². The molecule has 0 radical (unpaired) electrons. The summed E-state index contributed by atoms with van der Waals surface area (Å²) in [4.78, 5) is 11.2. The van der Waals surface area contributed by atoms with Crippen LogP contribution in [0, 0.1) is 11.8 Å². The van der Waals surface area contributed by atoms with Crippen LogP contribution in [0.25, 0.3) is 0 Å². The topological polar surface area (TPSA) is 46.5 Å². The summed E-state index contributed by atoms with van der Waals surface area (Å²) >= 11 is 0. The standard InChI is InChI=1S/C9H8O3/c10-8-6-4-1-2-5(3-4)7(6)9(11)12-8/h1-2,4,6,8,10H,3H2/t4-,6-,8-/m0/s1. The van der Waals surface area contributed by atoms with E-state index in [4.69, 9.17) is 4.74 Å². The molecule has 0 spiro atoms. The lowest BCUT2D eigenvalue weighted by atomic mass is 9.91. The molecule has 3 heteroatoms. The summed E-state index contributed by atoms with van der Waals surface area (Å²) in [5.41, 5.74) is 1.78. The Morgan fingerprint density at radius 1 is 1.58 bits per heavy atom. The van der Waals surface area contributed by atoms with Gasteiger partial charge in [0.2, 0.25) is 6.29 Å². The van der Waals surface area contributed by atoms with Crippen LogP contribution in [-0.2, 0) is 9.53 Å². The first-order chi connectivity index (χ1) is 5.77. The van der Waals surface area contributed by atoms with E-state index in [1.54, 1.807) is 0 Å². The Morgan fingerprint density at radius 2 is 2.42 bits per heavy atom. The van der Waals surface area contributed by atoms with Gasteiger partial charge in [-0.05, 0) is 17.9 Å². The molecule has 3 rings (SSSR count). The summed E-state index contributed by atoms with van der Waals surface area (Å²) in [6.07, 6.45) is 4.02. The molecular weight excluding hydrogens is 156 g/mol. The van der Waals surface area contributed by atoms with Gasteiger partial charge in [0.15, 0.2) is 0 Å². The van der Waals surface area contributed by atoms with Crippen molar-refractivity contribution in [1.29, 1.82) is 0 Å². The largest absolute Gasteiger partial charge is 0.432 e. The highest BCUT2D eigenvalue weighted by molar-refractivity contribution is 5.94. The number of aliphatic hydroxyl groups excluding tert-OH is 1. The molecule has 2 aliphatic carbocycles. The van der Waals surface area contributed by atoms with Gasteiger partial charge >= 0.3 is 5.97 Å². The van der Waals surface area contributed by atoms with Gasteiger partial charge in [-0.1, -0.05) is 12.2 Å². The van der Waals surface area contributed by atoms with E-state index >= 15 is 0 Å². The molecule has 2 bridgehead atoms. The van der Waals surface area contributed by atoms with Crippen molar-refractivity contribution < 1.29 is 14.6 Å². The fraction of sp³-hybridized carbons (Fsp3) is 0.444. The number of cyclic esters (lactones) is 1. The van der Waals surface area contributed by atoms with Crippen LogP contribution >= 0.6 is 0 Å². The Labute approximate surface area is 69.3 Å². The second-order valence-corrected chi connectivity index (χ2v) is 3.49. The maximum absolute atomic E-state index is 11.2. The minimum absolute atomic E-state index is 0.0718. The highest BCUT2D eigenvalue weighted by Crippen LogP contribution is 2.48. The number of ether oxygens (including phenoxy) is 1. The minimum atomic E-state index is -0.903. The van der Waals surface area contributed by atoms with Crippen LogP contribution in [0.4, 0.5) is 0 Å². The zero-order valence-electron chi connectivity index (χ0n) is 6.36. The Kier molecular flexibility index (Phi) is 0.964. The van der Waals surface area contributed by atoms with Crippen LogP contribution in [0.1, 0.15) is 6.42 Å². The molecular formula is C9H8O3. The molecule has 0 saturated carbocycles. The number of allylic oxidation sites excluding steroid dienone is 3. The molecule has 0 aromatic rings. The Balaban J connectivity index is 2.17. The zero-order valence-corrected chi connectivity index (χ0v) is 6.36. The maximum Gasteiger partial charge on any atom is 0.337 e. The SMILES string of the molecule is O=C1O[C@H](O)[C@@H]2C1=C1C=C[C@H]2C1. The molecule has 1 saturated heterocycles. The van der Waals surface area contributed by atoms with E-state index < -0.39 is 6.29 Å². The summed E-state index contributed by atoms with van der Waals surface area (Å²) < 4.78 is 4.73. The van der Waals surface area contributed by atoms with Gasteiger partial charge in [0, 0.05) is 0 Å². The number of esters is 1. The molecule has 0 aromatic carbocycles. The summed E-state index contributed by atoms with van der Waals surface area (Å²) in [5.74, 6) is -0.0942. The lowest BCUT2D eigenvalue weighted by molar-refractivity contribution is -0.156. The number of hydrogen-bond donors (Lipinski definition) is 1. The summed E-state index contributed by atoms with van der Waals surface area (Å²) in [6, 6.07) is 0. The summed E-state index contributed by atoms with van der Waals surface area (Å²) in [5, 5.41) is 9.38. The van der Waals surface area contributed by atoms with Gasteiger partial charge in [-0.3, -0.25) is 0 Å². The molecule has 1 heterocycles. The van der Waals surface area contributed by atoms with Gasteiger partial charge in [0.05, 0.1) is 11.5 Å². The van der Waals surface area contributed by atoms with E-state index in [1.807, 2.05) is 6.08 Å². The van der Waals surface area contributed by atoms with Crippen LogP contribution in [0.3, 0.4) is 0 Å². The number of aliphatic hydroxyl groups is 1. The van der Waals surface area contributed by atoms with Crippen LogP contribution in [0.2, 0.25) is 0 Å². The van der Waals surface area contributed by atoms with Gasteiger partial charge in [0.1, 0.15) is 0 Å². The molecule has 3 aliphatic rings. The number of carbonyl (C=O) groups is 1. The highest BCUT2D eigenvalue weighted by Gasteiger charge is 2.50. The third-order valence-electron chi connectivity index (χ3n) is 2.90. The fourth-order valence-electron chi connectivity index (χ4n) is 2.37. The Hall–Kier alpha value is -1.09. The number of rotatable bonds is 0. The average molecular weight is 164 g/mol. The lowest BCUT2D eigenvalue weighted by Gasteiger charge is -2.14. The second kappa shape index (κ2) is 1.80. The number of fused-ring (bicyclic) bond motifs is 4. The zero-order chi connectivity index (χ0) is 8.29. The molecule has 62 valence electrons. The van der Waals surface area contributed by atoms with E-state index in [0.29, 0.717) is 5.92 Å². The van der Waals surface area contributed by atoms with Crippen LogP contribution < -0.4 is 0 Å². The third kappa shape index (κ3) is 0.547. The molecule has 0 amide bonds. The normalized spacial score (nSPS) is 42.4. The van der Waals surface area contributed by atoms with E-state index in [0.717, 1.165) is 17.6 Å². The smallest absolute Gasteiger partial charge is 0.337 e. The van der Waals surface area contributed by atoms with E-state index in [1.165, 1.54) is 0 Å². The first kappa shape index (κ1) is 6.43. The van der Waals surface area contributed by atoms with Crippen LogP contribution in [0.15, 0.2) is 23.3 Å². The minimum Gasteiger partial charge on any atom is -0.432 e. The first-order valence-corrected chi connectivity index (χ1v) is 4.07. The molecule has 0 aromatic heterocycles. The van der Waals surface area contributed by atoms with Gasteiger partial charge in [0.25, 0.3) is 0 Å². The number of carbonyl (C=O) groups excluding carboxylic acids is 1. The fourth-order valence-corrected chi connectivity index (χ4v) is 2.37. The van der Waals surface area contributed by atoms with Crippen molar-refractivity contribution in [1.82, 2.24) is 0 Å². The summed E-state index contributed by atoms with van der Waals surface area (Å²) in [7, 11) is 0. The lowest BCUT2D eigenvalue weighted by Crippen LogP contribution is -2.20. The summed E-state index contributed by atoms with van der Waals surface area (Å²) in [6.45, 7) is 0. The van der Waals surface area contributed by atoms with Crippen molar-refractivity contribution in [2.75, 3.05) is 0 Å². The molecule has 3 atom stereocenters. The van der Waals surface area contributed by atoms with Gasteiger partial charge in [-0.2, -0.15) is 0 Å². The van der Waals surface area contributed by atoms with Gasteiger partial charge < -0.3 is 9.84 Å². The van der Waals surface area contributed by atoms with Crippen molar-refractivity contribution in [3.63, 3.8) is 0 Å². The average Bonchev–Trinajstić information content (AvgIpc) is 2.64. The molecule has 12 heavy (non-hydrogen) atoms. The monoisotopic (exact) mass is 164 g/mol. The van der Waals surface area contributed by atoms with Crippen molar-refractivity contribution in [2.24, 2.45) is 11.8 Å². The predicted molar refractivity (Wildman–Crippen MR) is 39.9 cm³/mol. The third-order valence-corrected chi connectivity index (χ3v) is 2.90. The molecule has 0 unspecified atom stereocenters. The van der Waals surface area contributed by atoms with E-state index in [-0.39, 0.29) is 11.9 Å². The molecule has 1 fully saturated rings. The van der Waals surface area contributed by atoms with E-state index in [2.05, 4.69) is 6.08 Å². The van der Waals surface area contributed by atoms with Gasteiger partial charge in [-0.15, -0.1) is 0 Å². The van der Waals surface area contributed by atoms with Crippen molar-refractivity contribution >= 4 is 5.97 Å². The van der Waals surface area contributed by atoms with Gasteiger partial charge in [-0.25, -0.2) is 4.79 Å². The molecule has 1 N–H and O–H groups in total. The highest BCUT2D eigenvalue weighted by atomic mass is 16.6. The quantitative estimate of drug-likeness (QED) is 0.526. The Bertz CT molecular complexity index is 327. The van der Waals surface area contributed by atoms with Crippen molar-refractivity contribution in [3.8, 4) is 0 Å². The molecule has 3 nitrogen and oxygen atoms in total. The second-order valence-electron chi connectivity index (χ2n) is 3.49. The van der Waals surface area contributed by atoms with Crippen molar-refractivity contribution in [2.45, 2.75) is 12.7 Å². The van der Waals surface area contributed by atoms with Crippen molar-refractivity contribution in [3.05, 3.63) is 23.3 Å². The predicted octanol–water partition coefficient (Wildman–Crippen LogP) is 0.364.